The van der Waals surface area contributed by atoms with Crippen molar-refractivity contribution in [1.29, 1.82) is 0 Å². The summed E-state index contributed by atoms with van der Waals surface area (Å²) in [5, 5.41) is 12.8. The summed E-state index contributed by atoms with van der Waals surface area (Å²) in [4.78, 5) is 20.5. The van der Waals surface area contributed by atoms with Crippen molar-refractivity contribution in [3.05, 3.63) is 57.5 Å². The van der Waals surface area contributed by atoms with Crippen LogP contribution in [-0.4, -0.2) is 21.0 Å². The number of hydrogen-bond acceptors (Lipinski definition) is 4. The van der Waals surface area contributed by atoms with Crippen LogP contribution in [0.5, 0.6) is 5.75 Å². The number of fused-ring (bicyclic) bond motifs is 1. The first-order chi connectivity index (χ1) is 11.0. The number of carbonyl (C=O) groups is 1. The fourth-order valence-electron chi connectivity index (χ4n) is 2.06. The Hall–Kier alpha value is -2.25. The van der Waals surface area contributed by atoms with E-state index < -0.39 is 11.7 Å². The minimum Gasteiger partial charge on any atom is -0.505 e. The molecule has 8 heteroatoms. The van der Waals surface area contributed by atoms with Crippen molar-refractivity contribution in [1.82, 2.24) is 9.97 Å². The van der Waals surface area contributed by atoms with Crippen LogP contribution in [0.4, 0.5) is 10.1 Å². The Balaban J connectivity index is 2.05. The Labute approximate surface area is 143 Å². The van der Waals surface area contributed by atoms with Gasteiger partial charge in [-0.15, -0.1) is 0 Å². The SMILES string of the molecule is O=C(Nc1cc(Cl)cc(Br)c1O)c1cc(F)cc2nccnc12. The molecule has 0 aliphatic heterocycles. The van der Waals surface area contributed by atoms with Crippen LogP contribution in [0.1, 0.15) is 10.4 Å². The van der Waals surface area contributed by atoms with Crippen LogP contribution in [0, 0.1) is 5.82 Å². The fourth-order valence-corrected chi connectivity index (χ4v) is 2.87. The van der Waals surface area contributed by atoms with Gasteiger partial charge in [-0.25, -0.2) is 4.39 Å². The first-order valence-corrected chi connectivity index (χ1v) is 7.52. The molecule has 1 heterocycles. The summed E-state index contributed by atoms with van der Waals surface area (Å²) in [6, 6.07) is 5.11. The van der Waals surface area contributed by atoms with Crippen LogP contribution < -0.4 is 5.32 Å². The average Bonchev–Trinajstić information content (AvgIpc) is 2.51. The highest BCUT2D eigenvalue weighted by Gasteiger charge is 2.17. The number of phenolic OH excluding ortho intramolecular Hbond substituents is 1. The van der Waals surface area contributed by atoms with E-state index in [4.69, 9.17) is 11.6 Å². The molecule has 2 aromatic carbocycles. The van der Waals surface area contributed by atoms with Crippen LogP contribution in [0.25, 0.3) is 11.0 Å². The average molecular weight is 397 g/mol. The Bertz CT molecular complexity index is 936. The quantitative estimate of drug-likeness (QED) is 0.638. The van der Waals surface area contributed by atoms with Gasteiger partial charge in [-0.3, -0.25) is 14.8 Å². The first-order valence-electron chi connectivity index (χ1n) is 6.35. The van der Waals surface area contributed by atoms with E-state index in [9.17, 15) is 14.3 Å². The van der Waals surface area contributed by atoms with E-state index in [0.717, 1.165) is 6.07 Å². The summed E-state index contributed by atoms with van der Waals surface area (Å²) in [6.07, 6.45) is 2.81. The van der Waals surface area contributed by atoms with Gasteiger partial charge in [0.2, 0.25) is 0 Å². The highest BCUT2D eigenvalue weighted by Crippen LogP contribution is 2.35. The third kappa shape index (κ3) is 3.11. The summed E-state index contributed by atoms with van der Waals surface area (Å²) in [7, 11) is 0. The zero-order valence-electron chi connectivity index (χ0n) is 11.3. The monoisotopic (exact) mass is 395 g/mol. The third-order valence-corrected chi connectivity index (χ3v) is 3.88. The number of benzene rings is 2. The molecule has 1 amide bonds. The molecule has 1 aromatic heterocycles. The number of nitrogens with zero attached hydrogens (tertiary/aromatic N) is 2. The molecule has 0 saturated carbocycles. The summed E-state index contributed by atoms with van der Waals surface area (Å²) < 4.78 is 14.0. The number of aromatic hydroxyl groups is 1. The molecule has 0 radical (unpaired) electrons. The molecule has 0 aliphatic rings. The fraction of sp³-hybridized carbons (Fsp3) is 0. The Morgan fingerprint density at radius 1 is 1.22 bits per heavy atom. The minimum atomic E-state index is -0.639. The first kappa shape index (κ1) is 15.6. The third-order valence-electron chi connectivity index (χ3n) is 3.06. The molecule has 0 spiro atoms. The van der Waals surface area contributed by atoms with Crippen molar-refractivity contribution < 1.29 is 14.3 Å². The molecule has 2 N–H and O–H groups in total. The molecule has 0 saturated heterocycles. The molecular weight excluding hydrogens is 389 g/mol. The van der Waals surface area contributed by atoms with Gasteiger partial charge in [0.1, 0.15) is 11.3 Å². The highest BCUT2D eigenvalue weighted by atomic mass is 79.9. The van der Waals surface area contributed by atoms with Crippen molar-refractivity contribution in [2.45, 2.75) is 0 Å². The molecule has 0 unspecified atom stereocenters. The normalized spacial score (nSPS) is 10.7. The number of phenols is 1. The summed E-state index contributed by atoms with van der Waals surface area (Å²) >= 11 is 9.02. The van der Waals surface area contributed by atoms with Crippen molar-refractivity contribution in [2.24, 2.45) is 0 Å². The number of nitrogens with one attached hydrogen (secondary N) is 1. The smallest absolute Gasteiger partial charge is 0.258 e. The van der Waals surface area contributed by atoms with Crippen molar-refractivity contribution in [3.8, 4) is 5.75 Å². The Morgan fingerprint density at radius 3 is 2.74 bits per heavy atom. The number of carbonyl (C=O) groups excluding carboxylic acids is 1. The predicted molar refractivity (Wildman–Crippen MR) is 88.3 cm³/mol. The molecule has 23 heavy (non-hydrogen) atoms. The van der Waals surface area contributed by atoms with Crippen LogP contribution in [0.2, 0.25) is 5.02 Å². The van der Waals surface area contributed by atoms with Gasteiger partial charge in [0.25, 0.3) is 5.91 Å². The molecule has 116 valence electrons. The summed E-state index contributed by atoms with van der Waals surface area (Å²) in [5.74, 6) is -1.44. The van der Waals surface area contributed by atoms with Gasteiger partial charge in [-0.2, -0.15) is 0 Å². The lowest BCUT2D eigenvalue weighted by molar-refractivity contribution is 0.102. The molecule has 0 atom stereocenters. The van der Waals surface area contributed by atoms with Crippen LogP contribution in [-0.2, 0) is 0 Å². The zero-order chi connectivity index (χ0) is 16.6. The second kappa shape index (κ2) is 6.10. The molecule has 5 nitrogen and oxygen atoms in total. The van der Waals surface area contributed by atoms with Crippen molar-refractivity contribution >= 4 is 50.2 Å². The van der Waals surface area contributed by atoms with Crippen LogP contribution in [0.3, 0.4) is 0 Å². The van der Waals surface area contributed by atoms with E-state index in [1.807, 2.05) is 0 Å². The Kier molecular flexibility index (Phi) is 4.14. The lowest BCUT2D eigenvalue weighted by atomic mass is 10.1. The molecule has 3 rings (SSSR count). The largest absolute Gasteiger partial charge is 0.505 e. The van der Waals surface area contributed by atoms with Crippen molar-refractivity contribution in [3.63, 3.8) is 0 Å². The van der Waals surface area contributed by atoms with E-state index in [2.05, 4.69) is 31.2 Å². The highest BCUT2D eigenvalue weighted by molar-refractivity contribution is 9.10. The van der Waals surface area contributed by atoms with E-state index in [1.54, 1.807) is 0 Å². The zero-order valence-corrected chi connectivity index (χ0v) is 13.7. The maximum Gasteiger partial charge on any atom is 0.258 e. The maximum absolute atomic E-state index is 13.7. The number of rotatable bonds is 2. The standard InChI is InChI=1S/C15H8BrClFN3O2/c16-10-3-7(17)4-12(14(10)22)21-15(23)9-5-8(18)6-11-13(9)20-2-1-19-11/h1-6,22H,(H,21,23). The van der Waals surface area contributed by atoms with E-state index in [-0.39, 0.29) is 28.0 Å². The predicted octanol–water partition coefficient (Wildman–Crippen LogP) is 4.14. The minimum absolute atomic E-state index is 0.00333. The van der Waals surface area contributed by atoms with Gasteiger partial charge in [0.05, 0.1) is 21.2 Å². The van der Waals surface area contributed by atoms with Gasteiger partial charge < -0.3 is 10.4 Å². The van der Waals surface area contributed by atoms with Crippen LogP contribution >= 0.6 is 27.5 Å². The van der Waals surface area contributed by atoms with Gasteiger partial charge >= 0.3 is 0 Å². The van der Waals surface area contributed by atoms with Gasteiger partial charge in [-0.05, 0) is 34.1 Å². The summed E-state index contributed by atoms with van der Waals surface area (Å²) in [6.45, 7) is 0. The summed E-state index contributed by atoms with van der Waals surface area (Å²) in [5.41, 5.74) is 0.611. The van der Waals surface area contributed by atoms with E-state index in [0.29, 0.717) is 9.50 Å². The topological polar surface area (TPSA) is 75.1 Å². The number of amides is 1. The maximum atomic E-state index is 13.7. The van der Waals surface area contributed by atoms with Gasteiger partial charge in [-0.1, -0.05) is 11.6 Å². The number of halogens is 3. The van der Waals surface area contributed by atoms with Gasteiger partial charge in [0, 0.05) is 23.5 Å². The lowest BCUT2D eigenvalue weighted by Gasteiger charge is -2.10. The molecule has 0 fully saturated rings. The second-order valence-electron chi connectivity index (χ2n) is 4.62. The van der Waals surface area contributed by atoms with Crippen molar-refractivity contribution in [2.75, 3.05) is 5.32 Å². The van der Waals surface area contributed by atoms with E-state index >= 15 is 0 Å². The number of hydrogen-bond donors (Lipinski definition) is 2. The molecule has 0 aliphatic carbocycles. The second-order valence-corrected chi connectivity index (χ2v) is 5.91. The molecule has 0 bridgehead atoms. The molecular formula is C15H8BrClFN3O2. The lowest BCUT2D eigenvalue weighted by Crippen LogP contribution is -2.13. The molecule has 3 aromatic rings. The number of aromatic nitrogens is 2. The van der Waals surface area contributed by atoms with Gasteiger partial charge in [0.15, 0.2) is 5.75 Å². The van der Waals surface area contributed by atoms with Crippen LogP contribution in [0.15, 0.2) is 41.1 Å². The Morgan fingerprint density at radius 2 is 1.96 bits per heavy atom. The van der Waals surface area contributed by atoms with E-state index in [1.165, 1.54) is 30.6 Å². The number of anilines is 1.